The van der Waals surface area contributed by atoms with Gasteiger partial charge in [-0.1, -0.05) is 37.3 Å². The second-order valence-electron chi connectivity index (χ2n) is 4.48. The van der Waals surface area contributed by atoms with Crippen LogP contribution < -0.4 is 5.32 Å². The first-order valence-electron chi connectivity index (χ1n) is 6.62. The van der Waals surface area contributed by atoms with Crippen molar-refractivity contribution in [2.45, 2.75) is 25.8 Å². The van der Waals surface area contributed by atoms with Crippen molar-refractivity contribution >= 4 is 5.91 Å². The Hall–Kier alpha value is -2.21. The Morgan fingerprint density at radius 1 is 1.40 bits per heavy atom. The minimum absolute atomic E-state index is 0.0998. The van der Waals surface area contributed by atoms with Crippen LogP contribution in [0.25, 0.3) is 0 Å². The summed E-state index contributed by atoms with van der Waals surface area (Å²) < 4.78 is 0. The van der Waals surface area contributed by atoms with Crippen LogP contribution in [0.15, 0.2) is 30.3 Å². The molecule has 0 spiro atoms. The van der Waals surface area contributed by atoms with E-state index in [-0.39, 0.29) is 12.4 Å². The lowest BCUT2D eigenvalue weighted by Gasteiger charge is -2.15. The zero-order chi connectivity index (χ0) is 14.4. The Morgan fingerprint density at radius 3 is 2.80 bits per heavy atom. The van der Waals surface area contributed by atoms with Crippen molar-refractivity contribution in [1.29, 1.82) is 0 Å². The van der Waals surface area contributed by atoms with E-state index in [0.717, 1.165) is 18.4 Å². The maximum absolute atomic E-state index is 12.0. The number of aromatic amines is 1. The van der Waals surface area contributed by atoms with Crippen molar-refractivity contribution in [3.05, 3.63) is 47.5 Å². The molecule has 0 radical (unpaired) electrons. The molecule has 0 saturated carbocycles. The van der Waals surface area contributed by atoms with Crippen molar-refractivity contribution in [2.24, 2.45) is 0 Å². The standard InChI is InChI=1S/C14H18N4O2/c1-2-6-12-16-13(18-17-12)14(20)15-11(9-19)10-7-4-3-5-8-10/h3-5,7-8,11,19H,2,6,9H2,1H3,(H,15,20)(H,16,17,18). The monoisotopic (exact) mass is 274 g/mol. The van der Waals surface area contributed by atoms with Crippen molar-refractivity contribution < 1.29 is 9.90 Å². The van der Waals surface area contributed by atoms with Gasteiger partial charge in [0, 0.05) is 6.42 Å². The molecule has 106 valence electrons. The predicted octanol–water partition coefficient (Wildman–Crippen LogP) is 1.22. The topological polar surface area (TPSA) is 90.9 Å². The molecule has 0 fully saturated rings. The second-order valence-corrected chi connectivity index (χ2v) is 4.48. The molecule has 6 nitrogen and oxygen atoms in total. The van der Waals surface area contributed by atoms with Gasteiger partial charge < -0.3 is 10.4 Å². The summed E-state index contributed by atoms with van der Waals surface area (Å²) in [6, 6.07) is 8.83. The van der Waals surface area contributed by atoms with E-state index in [1.165, 1.54) is 0 Å². The van der Waals surface area contributed by atoms with Crippen LogP contribution >= 0.6 is 0 Å². The Morgan fingerprint density at radius 2 is 2.15 bits per heavy atom. The van der Waals surface area contributed by atoms with Crippen molar-refractivity contribution in [2.75, 3.05) is 6.61 Å². The lowest BCUT2D eigenvalue weighted by atomic mass is 10.1. The first-order chi connectivity index (χ1) is 9.74. The molecule has 1 amide bonds. The largest absolute Gasteiger partial charge is 0.394 e. The van der Waals surface area contributed by atoms with Gasteiger partial charge >= 0.3 is 0 Å². The number of amides is 1. The number of aromatic nitrogens is 3. The Bertz CT molecular complexity index is 553. The predicted molar refractivity (Wildman–Crippen MR) is 74.1 cm³/mol. The van der Waals surface area contributed by atoms with Gasteiger partial charge in [0.2, 0.25) is 5.82 Å². The molecule has 0 bridgehead atoms. The number of aryl methyl sites for hydroxylation is 1. The van der Waals surface area contributed by atoms with Gasteiger partial charge in [-0.05, 0) is 12.0 Å². The maximum Gasteiger partial charge on any atom is 0.291 e. The molecule has 0 aliphatic rings. The van der Waals surface area contributed by atoms with Crippen molar-refractivity contribution in [3.8, 4) is 0 Å². The number of nitrogens with zero attached hydrogens (tertiary/aromatic N) is 2. The van der Waals surface area contributed by atoms with E-state index < -0.39 is 11.9 Å². The lowest BCUT2D eigenvalue weighted by molar-refractivity contribution is 0.0906. The van der Waals surface area contributed by atoms with Crippen LogP contribution in [0.2, 0.25) is 0 Å². The number of aliphatic hydroxyl groups is 1. The Labute approximate surface area is 117 Å². The summed E-state index contributed by atoms with van der Waals surface area (Å²) in [5, 5.41) is 18.7. The van der Waals surface area contributed by atoms with Gasteiger partial charge in [0.1, 0.15) is 5.82 Å². The van der Waals surface area contributed by atoms with E-state index in [0.29, 0.717) is 5.82 Å². The molecule has 3 N–H and O–H groups in total. The molecule has 0 aliphatic carbocycles. The van der Waals surface area contributed by atoms with Crippen molar-refractivity contribution in [3.63, 3.8) is 0 Å². The number of hydrogen-bond donors (Lipinski definition) is 3. The van der Waals surface area contributed by atoms with Crippen LogP contribution in [0.3, 0.4) is 0 Å². The molecule has 0 aliphatic heterocycles. The summed E-state index contributed by atoms with van der Waals surface area (Å²) >= 11 is 0. The zero-order valence-electron chi connectivity index (χ0n) is 11.3. The van der Waals surface area contributed by atoms with Gasteiger partial charge in [-0.2, -0.15) is 0 Å². The summed E-state index contributed by atoms with van der Waals surface area (Å²) in [5.41, 5.74) is 0.840. The second kappa shape index (κ2) is 6.81. The van der Waals surface area contributed by atoms with Gasteiger partial charge in [-0.25, -0.2) is 4.98 Å². The number of carbonyl (C=O) groups excluding carboxylic acids is 1. The zero-order valence-corrected chi connectivity index (χ0v) is 11.3. The number of benzene rings is 1. The van der Waals surface area contributed by atoms with Crippen LogP contribution in [0, 0.1) is 0 Å². The minimum atomic E-state index is -0.461. The molecule has 20 heavy (non-hydrogen) atoms. The number of rotatable bonds is 6. The number of aliphatic hydroxyl groups excluding tert-OH is 1. The average Bonchev–Trinajstić information content (AvgIpc) is 2.94. The van der Waals surface area contributed by atoms with E-state index in [2.05, 4.69) is 20.5 Å². The highest BCUT2D eigenvalue weighted by atomic mass is 16.3. The van der Waals surface area contributed by atoms with E-state index in [1.807, 2.05) is 37.3 Å². The van der Waals surface area contributed by atoms with Gasteiger partial charge in [0.25, 0.3) is 5.91 Å². The molecule has 1 atom stereocenters. The maximum atomic E-state index is 12.0. The van der Waals surface area contributed by atoms with E-state index in [9.17, 15) is 9.90 Å². The molecule has 2 rings (SSSR count). The van der Waals surface area contributed by atoms with Crippen LogP contribution in [0.5, 0.6) is 0 Å². The first-order valence-corrected chi connectivity index (χ1v) is 6.62. The quantitative estimate of drug-likeness (QED) is 0.738. The fourth-order valence-electron chi connectivity index (χ4n) is 1.89. The normalized spacial score (nSPS) is 12.1. The highest BCUT2D eigenvalue weighted by Crippen LogP contribution is 2.12. The van der Waals surface area contributed by atoms with Gasteiger partial charge in [-0.3, -0.25) is 9.89 Å². The van der Waals surface area contributed by atoms with Gasteiger partial charge in [0.05, 0.1) is 12.6 Å². The van der Waals surface area contributed by atoms with Crippen LogP contribution in [-0.4, -0.2) is 32.8 Å². The fourth-order valence-corrected chi connectivity index (χ4v) is 1.89. The van der Waals surface area contributed by atoms with Gasteiger partial charge in [0.15, 0.2) is 0 Å². The molecule has 0 saturated heterocycles. The molecular formula is C14H18N4O2. The summed E-state index contributed by atoms with van der Waals surface area (Å²) in [6.45, 7) is 1.85. The summed E-state index contributed by atoms with van der Waals surface area (Å²) in [6.07, 6.45) is 1.68. The fraction of sp³-hybridized carbons (Fsp3) is 0.357. The summed E-state index contributed by atoms with van der Waals surface area (Å²) in [5.74, 6) is 0.396. The van der Waals surface area contributed by atoms with Crippen LogP contribution in [-0.2, 0) is 6.42 Å². The molecule has 1 unspecified atom stereocenters. The third-order valence-electron chi connectivity index (χ3n) is 2.91. The third-order valence-corrected chi connectivity index (χ3v) is 2.91. The SMILES string of the molecule is CCCc1nc(C(=O)NC(CO)c2ccccc2)n[nH]1. The highest BCUT2D eigenvalue weighted by molar-refractivity contribution is 5.90. The van der Waals surface area contributed by atoms with Crippen molar-refractivity contribution in [1.82, 2.24) is 20.5 Å². The molecule has 1 heterocycles. The smallest absolute Gasteiger partial charge is 0.291 e. The number of hydrogen-bond acceptors (Lipinski definition) is 4. The average molecular weight is 274 g/mol. The number of H-pyrrole nitrogens is 1. The van der Waals surface area contributed by atoms with Crippen LogP contribution in [0.1, 0.15) is 41.4 Å². The highest BCUT2D eigenvalue weighted by Gasteiger charge is 2.18. The van der Waals surface area contributed by atoms with E-state index in [4.69, 9.17) is 0 Å². The summed E-state index contributed by atoms with van der Waals surface area (Å²) in [4.78, 5) is 16.2. The minimum Gasteiger partial charge on any atom is -0.394 e. The van der Waals surface area contributed by atoms with E-state index in [1.54, 1.807) is 0 Å². The lowest BCUT2D eigenvalue weighted by Crippen LogP contribution is -2.31. The first kappa shape index (κ1) is 14.2. The van der Waals surface area contributed by atoms with E-state index >= 15 is 0 Å². The molecule has 1 aromatic heterocycles. The summed E-state index contributed by atoms with van der Waals surface area (Å²) in [7, 11) is 0. The van der Waals surface area contributed by atoms with Gasteiger partial charge in [-0.15, -0.1) is 5.10 Å². The third kappa shape index (κ3) is 3.42. The molecule has 2 aromatic rings. The Balaban J connectivity index is 2.05. The number of nitrogens with one attached hydrogen (secondary N) is 2. The Kier molecular flexibility index (Phi) is 4.84. The molecular weight excluding hydrogens is 256 g/mol. The number of carbonyl (C=O) groups is 1. The molecule has 6 heteroatoms. The molecule has 1 aromatic carbocycles. The van der Waals surface area contributed by atoms with Crippen LogP contribution in [0.4, 0.5) is 0 Å².